The molecule has 6 nitrogen and oxygen atoms in total. The molecule has 2 unspecified atom stereocenters. The maximum Gasteiger partial charge on any atom is 0.237 e. The smallest absolute Gasteiger partial charge is 0.237 e. The summed E-state index contributed by atoms with van der Waals surface area (Å²) in [5.74, 6) is -0.0866. The first-order chi connectivity index (χ1) is 11.0. The van der Waals surface area contributed by atoms with Crippen molar-refractivity contribution in [1.82, 2.24) is 20.6 Å². The van der Waals surface area contributed by atoms with Crippen LogP contribution in [-0.4, -0.2) is 39.7 Å². The molecule has 0 radical (unpaired) electrons. The third kappa shape index (κ3) is 3.57. The van der Waals surface area contributed by atoms with Gasteiger partial charge in [-0.25, -0.2) is 4.98 Å². The predicted octanol–water partition coefficient (Wildman–Crippen LogP) is 1.41. The van der Waals surface area contributed by atoms with E-state index in [0.29, 0.717) is 13.0 Å². The van der Waals surface area contributed by atoms with Crippen molar-refractivity contribution >= 4 is 17.2 Å². The van der Waals surface area contributed by atoms with Gasteiger partial charge in [-0.2, -0.15) is 0 Å². The predicted molar refractivity (Wildman–Crippen MR) is 89.1 cm³/mol. The zero-order valence-corrected chi connectivity index (χ0v) is 13.9. The van der Waals surface area contributed by atoms with Gasteiger partial charge in [0.15, 0.2) is 0 Å². The fraction of sp³-hybridized carbons (Fsp3) is 0.438. The lowest BCUT2D eigenvalue weighted by molar-refractivity contribution is -0.123. The van der Waals surface area contributed by atoms with Crippen LogP contribution in [-0.2, 0) is 4.79 Å². The molecule has 0 aliphatic carbocycles. The van der Waals surface area contributed by atoms with E-state index in [0.717, 1.165) is 21.8 Å². The molecule has 0 spiro atoms. The van der Waals surface area contributed by atoms with Gasteiger partial charge in [0.1, 0.15) is 0 Å². The van der Waals surface area contributed by atoms with Crippen molar-refractivity contribution in [1.29, 1.82) is 0 Å². The highest BCUT2D eigenvalue weighted by Gasteiger charge is 2.28. The lowest BCUT2D eigenvalue weighted by atomic mass is 10.1. The van der Waals surface area contributed by atoms with E-state index in [9.17, 15) is 9.90 Å². The molecule has 1 aliphatic heterocycles. The molecule has 3 N–H and O–H groups in total. The fourth-order valence-electron chi connectivity index (χ4n) is 2.66. The van der Waals surface area contributed by atoms with Crippen molar-refractivity contribution in [2.75, 3.05) is 6.54 Å². The van der Waals surface area contributed by atoms with Crippen molar-refractivity contribution in [3.8, 4) is 10.6 Å². The quantitative estimate of drug-likeness (QED) is 0.788. The molecule has 7 heteroatoms. The van der Waals surface area contributed by atoms with Crippen molar-refractivity contribution < 1.29 is 9.90 Å². The topological polar surface area (TPSA) is 87.1 Å². The molecule has 0 saturated carbocycles. The minimum Gasteiger partial charge on any atom is -0.392 e. The van der Waals surface area contributed by atoms with E-state index in [4.69, 9.17) is 0 Å². The standard InChI is InChI=1S/C16H20N4O2S/c1-9(20-16(22)14-5-12(21)7-18-14)11-3-4-13(17-6-11)15-10(2)19-8-23-15/h3-4,6,8-9,12,14,18,21H,5,7H2,1-2H3,(H,20,22)/t9-,12?,14?/m0/s1. The molecule has 2 aromatic heterocycles. The van der Waals surface area contributed by atoms with E-state index in [-0.39, 0.29) is 18.0 Å². The van der Waals surface area contributed by atoms with Gasteiger partial charge in [0.25, 0.3) is 0 Å². The lowest BCUT2D eigenvalue weighted by Crippen LogP contribution is -2.41. The van der Waals surface area contributed by atoms with E-state index in [1.165, 1.54) is 0 Å². The number of amides is 1. The highest BCUT2D eigenvalue weighted by Crippen LogP contribution is 2.26. The maximum atomic E-state index is 12.2. The summed E-state index contributed by atoms with van der Waals surface area (Å²) in [7, 11) is 0. The molecule has 3 atom stereocenters. The molecule has 2 aromatic rings. The minimum absolute atomic E-state index is 0.0866. The number of carbonyl (C=O) groups is 1. The van der Waals surface area contributed by atoms with Crippen LogP contribution < -0.4 is 10.6 Å². The summed E-state index contributed by atoms with van der Waals surface area (Å²) in [6, 6.07) is 3.48. The van der Waals surface area contributed by atoms with Crippen LogP contribution in [0.15, 0.2) is 23.8 Å². The number of pyridine rings is 1. The number of carbonyl (C=O) groups excluding carboxylic acids is 1. The van der Waals surface area contributed by atoms with Gasteiger partial charge in [0, 0.05) is 12.7 Å². The van der Waals surface area contributed by atoms with Gasteiger partial charge in [0.2, 0.25) is 5.91 Å². The van der Waals surface area contributed by atoms with Crippen LogP contribution in [0.25, 0.3) is 10.6 Å². The normalized spacial score (nSPS) is 22.0. The first-order valence-corrected chi connectivity index (χ1v) is 8.51. The van der Waals surface area contributed by atoms with Crippen LogP contribution >= 0.6 is 11.3 Å². The number of aliphatic hydroxyl groups is 1. The van der Waals surface area contributed by atoms with Gasteiger partial charge >= 0.3 is 0 Å². The van der Waals surface area contributed by atoms with Gasteiger partial charge in [-0.1, -0.05) is 6.07 Å². The van der Waals surface area contributed by atoms with Crippen molar-refractivity contribution in [3.05, 3.63) is 35.1 Å². The Hall–Kier alpha value is -1.83. The van der Waals surface area contributed by atoms with E-state index in [2.05, 4.69) is 20.6 Å². The Morgan fingerprint density at radius 2 is 2.30 bits per heavy atom. The molecule has 1 fully saturated rings. The summed E-state index contributed by atoms with van der Waals surface area (Å²) in [5.41, 5.74) is 4.63. The van der Waals surface area contributed by atoms with Crippen LogP contribution in [0.4, 0.5) is 0 Å². The maximum absolute atomic E-state index is 12.2. The number of thiazole rings is 1. The molecule has 23 heavy (non-hydrogen) atoms. The van der Waals surface area contributed by atoms with E-state index < -0.39 is 6.10 Å². The number of nitrogens with one attached hydrogen (secondary N) is 2. The zero-order valence-electron chi connectivity index (χ0n) is 13.1. The Bertz CT molecular complexity index is 686. The highest BCUT2D eigenvalue weighted by atomic mass is 32.1. The van der Waals surface area contributed by atoms with Gasteiger partial charge in [-0.3, -0.25) is 9.78 Å². The number of aryl methyl sites for hydroxylation is 1. The molecule has 3 rings (SSSR count). The summed E-state index contributed by atoms with van der Waals surface area (Å²) >= 11 is 1.57. The second kappa shape index (κ2) is 6.74. The van der Waals surface area contributed by atoms with Crippen LogP contribution in [0.1, 0.15) is 30.6 Å². The Labute approximate surface area is 139 Å². The number of aliphatic hydroxyl groups excluding tert-OH is 1. The van der Waals surface area contributed by atoms with E-state index >= 15 is 0 Å². The summed E-state index contributed by atoms with van der Waals surface area (Å²) in [5, 5.41) is 15.5. The molecule has 3 heterocycles. The Morgan fingerprint density at radius 1 is 1.48 bits per heavy atom. The van der Waals surface area contributed by atoms with Crippen LogP contribution in [0.3, 0.4) is 0 Å². The third-order valence-corrected chi connectivity index (χ3v) is 5.00. The average molecular weight is 332 g/mol. The van der Waals surface area contributed by atoms with Crippen molar-refractivity contribution in [3.63, 3.8) is 0 Å². The van der Waals surface area contributed by atoms with Crippen LogP contribution in [0.2, 0.25) is 0 Å². The number of nitrogens with zero attached hydrogens (tertiary/aromatic N) is 2. The first-order valence-electron chi connectivity index (χ1n) is 7.63. The number of hydrogen-bond donors (Lipinski definition) is 3. The summed E-state index contributed by atoms with van der Waals surface area (Å²) in [6.45, 7) is 4.36. The van der Waals surface area contributed by atoms with Crippen molar-refractivity contribution in [2.24, 2.45) is 0 Å². The number of rotatable bonds is 4. The van der Waals surface area contributed by atoms with Gasteiger partial charge in [0.05, 0.1) is 40.0 Å². The largest absolute Gasteiger partial charge is 0.392 e. The molecule has 0 aromatic carbocycles. The second-order valence-corrected chi connectivity index (χ2v) is 6.68. The van der Waals surface area contributed by atoms with Crippen molar-refractivity contribution in [2.45, 2.75) is 38.5 Å². The Kier molecular flexibility index (Phi) is 4.70. The minimum atomic E-state index is -0.440. The van der Waals surface area contributed by atoms with Crippen LogP contribution in [0, 0.1) is 6.92 Å². The summed E-state index contributed by atoms with van der Waals surface area (Å²) in [4.78, 5) is 21.9. The monoisotopic (exact) mass is 332 g/mol. The third-order valence-electron chi connectivity index (χ3n) is 4.05. The molecular weight excluding hydrogens is 312 g/mol. The molecule has 0 bridgehead atoms. The molecular formula is C16H20N4O2S. The number of hydrogen-bond acceptors (Lipinski definition) is 6. The van der Waals surface area contributed by atoms with Gasteiger partial charge in [-0.15, -0.1) is 11.3 Å². The lowest BCUT2D eigenvalue weighted by Gasteiger charge is -2.17. The molecule has 1 saturated heterocycles. The molecule has 1 amide bonds. The summed E-state index contributed by atoms with van der Waals surface area (Å²) < 4.78 is 0. The Balaban J connectivity index is 1.65. The second-order valence-electron chi connectivity index (χ2n) is 5.82. The average Bonchev–Trinajstić information content (AvgIpc) is 3.16. The van der Waals surface area contributed by atoms with Gasteiger partial charge in [-0.05, 0) is 31.9 Å². The Morgan fingerprint density at radius 3 is 2.87 bits per heavy atom. The van der Waals surface area contributed by atoms with Crippen LogP contribution in [0.5, 0.6) is 0 Å². The molecule has 1 aliphatic rings. The van der Waals surface area contributed by atoms with E-state index in [1.807, 2.05) is 31.5 Å². The fourth-order valence-corrected chi connectivity index (χ4v) is 3.44. The zero-order chi connectivity index (χ0) is 16.4. The first kappa shape index (κ1) is 16.0. The number of aromatic nitrogens is 2. The van der Waals surface area contributed by atoms with Gasteiger partial charge < -0.3 is 15.7 Å². The SMILES string of the molecule is Cc1ncsc1-c1ccc([C@H](C)NC(=O)C2CC(O)CN2)cn1. The molecule has 122 valence electrons. The summed E-state index contributed by atoms with van der Waals surface area (Å²) in [6.07, 6.45) is 1.81. The van der Waals surface area contributed by atoms with E-state index in [1.54, 1.807) is 17.5 Å². The highest BCUT2D eigenvalue weighted by molar-refractivity contribution is 7.13. The number of β-amino-alcohol motifs (C(OH)–C–C–N with tert-alkyl or cyclic N) is 1.